The van der Waals surface area contributed by atoms with Gasteiger partial charge in [0.2, 0.25) is 0 Å². The lowest BCUT2D eigenvalue weighted by molar-refractivity contribution is 0.0310. The second kappa shape index (κ2) is 17.2. The zero-order chi connectivity index (χ0) is 26.1. The highest BCUT2D eigenvalue weighted by molar-refractivity contribution is 7.11. The Morgan fingerprint density at radius 2 is 1.35 bits per heavy atom. The van der Waals surface area contributed by atoms with E-state index in [0.717, 1.165) is 44.0 Å². The first-order chi connectivity index (χ1) is 18.1. The minimum atomic E-state index is -0.662. The zero-order valence-corrected chi connectivity index (χ0v) is 22.7. The summed E-state index contributed by atoms with van der Waals surface area (Å²) in [6, 6.07) is 23.5. The van der Waals surface area contributed by atoms with E-state index in [-0.39, 0.29) is 13.2 Å². The van der Waals surface area contributed by atoms with Gasteiger partial charge in [0, 0.05) is 29.4 Å². The Balaban J connectivity index is 1.47. The van der Waals surface area contributed by atoms with Crippen LogP contribution in [0.3, 0.4) is 0 Å². The number of nitrogens with one attached hydrogen (secondary N) is 1. The second-order valence-corrected chi connectivity index (χ2v) is 10.6. The van der Waals surface area contributed by atoms with Crippen molar-refractivity contribution in [3.05, 3.63) is 82.6 Å². The van der Waals surface area contributed by atoms with E-state index in [4.69, 9.17) is 9.47 Å². The third-order valence-electron chi connectivity index (χ3n) is 5.93. The van der Waals surface area contributed by atoms with Crippen LogP contribution in [0.4, 0.5) is 0 Å². The molecule has 0 saturated carbocycles. The predicted molar refractivity (Wildman–Crippen MR) is 152 cm³/mol. The zero-order valence-electron chi connectivity index (χ0n) is 21.9. The normalized spacial score (nSPS) is 13.0. The number of aryl methyl sites for hydroxylation is 1. The number of para-hydroxylation sites is 2. The van der Waals surface area contributed by atoms with Gasteiger partial charge in [0.15, 0.2) is 0 Å². The molecular weight excluding hydrogens is 484 g/mol. The number of unbranched alkanes of at least 4 members (excludes halogenated alkanes) is 1. The van der Waals surface area contributed by atoms with E-state index in [2.05, 4.69) is 29.3 Å². The fourth-order valence-electron chi connectivity index (χ4n) is 4.02. The summed E-state index contributed by atoms with van der Waals surface area (Å²) >= 11 is 1.86. The number of aliphatic hydroxyl groups excluding tert-OH is 2. The molecule has 0 fully saturated rings. The van der Waals surface area contributed by atoms with Crippen molar-refractivity contribution in [1.82, 2.24) is 10.2 Å². The molecule has 0 aliphatic rings. The summed E-state index contributed by atoms with van der Waals surface area (Å²) in [6.07, 6.45) is 3.01. The molecule has 2 atom stereocenters. The summed E-state index contributed by atoms with van der Waals surface area (Å²) in [5.41, 5.74) is 0. The average molecular weight is 527 g/mol. The standard InChI is InChI=1S/C30H42N2O4S/c1-2-3-18-31-20-30-17-16-29(37-30)15-10-19-32(21-25(33)23-35-27-11-6-4-7-12-27)22-26(34)24-36-28-13-8-5-9-14-28/h4-9,11-14,16-17,25-26,31,33-34H,2-3,10,15,18-24H2,1H3. The molecule has 3 aromatic rings. The summed E-state index contributed by atoms with van der Waals surface area (Å²) in [6.45, 7) is 6.22. The Labute approximate surface area is 225 Å². The van der Waals surface area contributed by atoms with Gasteiger partial charge in [-0.2, -0.15) is 0 Å². The van der Waals surface area contributed by atoms with Crippen LogP contribution in [0.15, 0.2) is 72.8 Å². The van der Waals surface area contributed by atoms with Gasteiger partial charge < -0.3 is 25.0 Å². The Morgan fingerprint density at radius 3 is 1.92 bits per heavy atom. The maximum atomic E-state index is 10.7. The molecule has 0 saturated heterocycles. The van der Waals surface area contributed by atoms with Gasteiger partial charge in [0.05, 0.1) is 0 Å². The quantitative estimate of drug-likeness (QED) is 0.196. The molecule has 3 N–H and O–H groups in total. The maximum absolute atomic E-state index is 10.7. The van der Waals surface area contributed by atoms with Crippen LogP contribution < -0.4 is 14.8 Å². The van der Waals surface area contributed by atoms with Crippen LogP contribution >= 0.6 is 11.3 Å². The van der Waals surface area contributed by atoms with Crippen LogP contribution in [0.25, 0.3) is 0 Å². The minimum absolute atomic E-state index is 0.205. The van der Waals surface area contributed by atoms with E-state index in [1.54, 1.807) is 0 Å². The first-order valence-corrected chi connectivity index (χ1v) is 14.2. The molecule has 2 aromatic carbocycles. The molecule has 0 radical (unpaired) electrons. The van der Waals surface area contributed by atoms with Crippen molar-refractivity contribution in [2.45, 2.75) is 51.4 Å². The molecule has 202 valence electrons. The van der Waals surface area contributed by atoms with Gasteiger partial charge >= 0.3 is 0 Å². The van der Waals surface area contributed by atoms with Crippen LogP contribution in [-0.4, -0.2) is 66.7 Å². The summed E-state index contributed by atoms with van der Waals surface area (Å²) in [7, 11) is 0. The maximum Gasteiger partial charge on any atom is 0.119 e. The molecule has 0 aliphatic heterocycles. The molecule has 1 heterocycles. The topological polar surface area (TPSA) is 74.2 Å². The molecule has 2 unspecified atom stereocenters. The van der Waals surface area contributed by atoms with E-state index in [9.17, 15) is 10.2 Å². The number of hydrogen-bond acceptors (Lipinski definition) is 7. The average Bonchev–Trinajstić information content (AvgIpc) is 3.37. The summed E-state index contributed by atoms with van der Waals surface area (Å²) < 4.78 is 11.5. The molecule has 7 heteroatoms. The molecule has 0 bridgehead atoms. The van der Waals surface area contributed by atoms with Crippen molar-refractivity contribution < 1.29 is 19.7 Å². The molecular formula is C30H42N2O4S. The predicted octanol–water partition coefficient (Wildman–Crippen LogP) is 4.75. The smallest absolute Gasteiger partial charge is 0.119 e. The van der Waals surface area contributed by atoms with Gasteiger partial charge in [-0.1, -0.05) is 49.7 Å². The third-order valence-corrected chi connectivity index (χ3v) is 7.08. The number of hydrogen-bond donors (Lipinski definition) is 3. The van der Waals surface area contributed by atoms with Crippen molar-refractivity contribution in [3.8, 4) is 11.5 Å². The van der Waals surface area contributed by atoms with Gasteiger partial charge in [-0.3, -0.25) is 4.90 Å². The van der Waals surface area contributed by atoms with Gasteiger partial charge in [0.25, 0.3) is 0 Å². The first-order valence-electron chi connectivity index (χ1n) is 13.3. The summed E-state index contributed by atoms with van der Waals surface area (Å²) in [4.78, 5) is 4.84. The summed E-state index contributed by atoms with van der Waals surface area (Å²) in [5, 5.41) is 24.8. The molecule has 0 amide bonds. The van der Waals surface area contributed by atoms with Crippen LogP contribution in [0.1, 0.15) is 35.9 Å². The molecule has 1 aromatic heterocycles. The second-order valence-electron chi connectivity index (χ2n) is 9.32. The van der Waals surface area contributed by atoms with Crippen molar-refractivity contribution in [3.63, 3.8) is 0 Å². The largest absolute Gasteiger partial charge is 0.491 e. The number of benzene rings is 2. The lowest BCUT2D eigenvalue weighted by Crippen LogP contribution is -2.42. The van der Waals surface area contributed by atoms with E-state index in [1.807, 2.05) is 72.0 Å². The molecule has 0 spiro atoms. The van der Waals surface area contributed by atoms with E-state index < -0.39 is 12.2 Å². The van der Waals surface area contributed by atoms with Gasteiger partial charge in [-0.05, 0) is 68.8 Å². The van der Waals surface area contributed by atoms with Gasteiger partial charge in [0.1, 0.15) is 36.9 Å². The van der Waals surface area contributed by atoms with E-state index in [0.29, 0.717) is 13.1 Å². The molecule has 3 rings (SSSR count). The highest BCUT2D eigenvalue weighted by Crippen LogP contribution is 2.18. The summed E-state index contributed by atoms with van der Waals surface area (Å²) in [5.74, 6) is 1.48. The van der Waals surface area contributed by atoms with Crippen molar-refractivity contribution in [2.75, 3.05) is 39.4 Å². The van der Waals surface area contributed by atoms with Crippen LogP contribution in [0.2, 0.25) is 0 Å². The number of rotatable bonds is 19. The van der Waals surface area contributed by atoms with Crippen molar-refractivity contribution in [2.24, 2.45) is 0 Å². The fourth-order valence-corrected chi connectivity index (χ4v) is 5.05. The Morgan fingerprint density at radius 1 is 0.784 bits per heavy atom. The monoisotopic (exact) mass is 526 g/mol. The Bertz CT molecular complexity index is 918. The van der Waals surface area contributed by atoms with Crippen molar-refractivity contribution in [1.29, 1.82) is 0 Å². The third kappa shape index (κ3) is 12.1. The van der Waals surface area contributed by atoms with Gasteiger partial charge in [-0.15, -0.1) is 11.3 Å². The highest BCUT2D eigenvalue weighted by Gasteiger charge is 2.17. The van der Waals surface area contributed by atoms with E-state index in [1.165, 1.54) is 22.6 Å². The lowest BCUT2D eigenvalue weighted by Gasteiger charge is -2.27. The highest BCUT2D eigenvalue weighted by atomic mass is 32.1. The number of thiophene rings is 1. The van der Waals surface area contributed by atoms with Gasteiger partial charge in [-0.25, -0.2) is 0 Å². The number of aliphatic hydroxyl groups is 2. The number of ether oxygens (including phenoxy) is 2. The Hall–Kier alpha value is -2.42. The van der Waals surface area contributed by atoms with Crippen LogP contribution in [0.5, 0.6) is 11.5 Å². The van der Waals surface area contributed by atoms with Crippen LogP contribution in [0, 0.1) is 0 Å². The van der Waals surface area contributed by atoms with Crippen LogP contribution in [-0.2, 0) is 13.0 Å². The SMILES string of the molecule is CCCCNCc1ccc(CCCN(CC(O)COc2ccccc2)CC(O)COc2ccccc2)s1. The molecule has 0 aliphatic carbocycles. The Kier molecular flexibility index (Phi) is 13.5. The minimum Gasteiger partial charge on any atom is -0.491 e. The fraction of sp³-hybridized carbons (Fsp3) is 0.467. The lowest BCUT2D eigenvalue weighted by atomic mass is 10.2. The molecule has 6 nitrogen and oxygen atoms in total. The molecule has 37 heavy (non-hydrogen) atoms. The van der Waals surface area contributed by atoms with Crippen molar-refractivity contribution >= 4 is 11.3 Å². The number of nitrogens with zero attached hydrogens (tertiary/aromatic N) is 1. The van der Waals surface area contributed by atoms with E-state index >= 15 is 0 Å². The first kappa shape index (κ1) is 29.1.